The molecule has 3 amide bonds. The van der Waals surface area contributed by atoms with Gasteiger partial charge in [0.1, 0.15) is 6.54 Å². The summed E-state index contributed by atoms with van der Waals surface area (Å²) in [4.78, 5) is 38.7. The molecule has 1 saturated heterocycles. The van der Waals surface area contributed by atoms with Crippen LogP contribution in [0.4, 0.5) is 0 Å². The van der Waals surface area contributed by atoms with Gasteiger partial charge < -0.3 is 15.1 Å². The van der Waals surface area contributed by atoms with Crippen LogP contribution in [0, 0.1) is 0 Å². The van der Waals surface area contributed by atoms with Gasteiger partial charge in [-0.3, -0.25) is 14.4 Å². The molecule has 0 bridgehead atoms. The highest BCUT2D eigenvalue weighted by atomic mass is 35.5. The largest absolute Gasteiger partial charge is 0.348 e. The summed E-state index contributed by atoms with van der Waals surface area (Å²) in [6.07, 6.45) is 0. The second-order valence-corrected chi connectivity index (χ2v) is 6.41. The lowest BCUT2D eigenvalue weighted by Crippen LogP contribution is -2.56. The van der Waals surface area contributed by atoms with Crippen molar-refractivity contribution in [1.29, 1.82) is 0 Å². The maximum Gasteiger partial charge on any atom is 0.312 e. The number of carbonyl (C=O) groups is 3. The van der Waals surface area contributed by atoms with Crippen LogP contribution in [0.15, 0.2) is 18.2 Å². The van der Waals surface area contributed by atoms with Crippen molar-refractivity contribution >= 4 is 40.9 Å². The minimum atomic E-state index is -0.643. The van der Waals surface area contributed by atoms with Crippen LogP contribution < -0.4 is 5.32 Å². The fourth-order valence-electron chi connectivity index (χ4n) is 2.56. The Labute approximate surface area is 150 Å². The molecule has 130 valence electrons. The van der Waals surface area contributed by atoms with Gasteiger partial charge in [-0.25, -0.2) is 0 Å². The third-order valence-electron chi connectivity index (χ3n) is 3.92. The first-order valence-electron chi connectivity index (χ1n) is 7.66. The summed E-state index contributed by atoms with van der Waals surface area (Å²) in [6, 6.07) is 4.69. The highest BCUT2D eigenvalue weighted by Crippen LogP contribution is 2.26. The number of rotatable bonds is 5. The summed E-state index contributed by atoms with van der Waals surface area (Å²) >= 11 is 12.0. The number of halogens is 2. The Hall–Kier alpha value is -1.79. The van der Waals surface area contributed by atoms with Crippen molar-refractivity contribution in [2.45, 2.75) is 19.9 Å². The molecule has 1 heterocycles. The lowest BCUT2D eigenvalue weighted by molar-refractivity contribution is -0.156. The van der Waals surface area contributed by atoms with Crippen LogP contribution in [0.25, 0.3) is 0 Å². The molecule has 1 aliphatic heterocycles. The van der Waals surface area contributed by atoms with E-state index in [9.17, 15) is 14.4 Å². The lowest BCUT2D eigenvalue weighted by Gasteiger charge is -2.32. The summed E-state index contributed by atoms with van der Waals surface area (Å²) < 4.78 is 0. The van der Waals surface area contributed by atoms with Gasteiger partial charge >= 0.3 is 11.8 Å². The smallest absolute Gasteiger partial charge is 0.312 e. The molecule has 1 aromatic carbocycles. The van der Waals surface area contributed by atoms with E-state index >= 15 is 0 Å². The highest BCUT2D eigenvalue weighted by Gasteiger charge is 2.32. The van der Waals surface area contributed by atoms with Gasteiger partial charge in [0.15, 0.2) is 0 Å². The maximum atomic E-state index is 12.2. The minimum Gasteiger partial charge on any atom is -0.348 e. The van der Waals surface area contributed by atoms with Gasteiger partial charge in [0.2, 0.25) is 5.91 Å². The number of hydrogen-bond donors (Lipinski definition) is 1. The summed E-state index contributed by atoms with van der Waals surface area (Å²) in [7, 11) is 0. The molecule has 24 heavy (non-hydrogen) atoms. The molecule has 1 atom stereocenters. The zero-order valence-electron chi connectivity index (χ0n) is 13.5. The first-order chi connectivity index (χ1) is 11.3. The average molecular weight is 372 g/mol. The molecule has 0 aromatic heterocycles. The van der Waals surface area contributed by atoms with Crippen LogP contribution in [0.1, 0.15) is 25.5 Å². The maximum absolute atomic E-state index is 12.2. The van der Waals surface area contributed by atoms with Gasteiger partial charge in [-0.1, -0.05) is 29.3 Å². The number of piperazine rings is 1. The van der Waals surface area contributed by atoms with Gasteiger partial charge in [-0.2, -0.15) is 0 Å². The Morgan fingerprint density at radius 3 is 2.46 bits per heavy atom. The van der Waals surface area contributed by atoms with E-state index < -0.39 is 11.8 Å². The SMILES string of the molecule is CCN1CCN(CC(=O)NC(C)c2ccc(Cl)cc2Cl)C(=O)C1=O. The van der Waals surface area contributed by atoms with Crippen molar-refractivity contribution in [1.82, 2.24) is 15.1 Å². The van der Waals surface area contributed by atoms with Crippen LogP contribution >= 0.6 is 23.2 Å². The van der Waals surface area contributed by atoms with Crippen LogP contribution in [-0.4, -0.2) is 53.7 Å². The zero-order valence-corrected chi connectivity index (χ0v) is 15.0. The molecule has 8 heteroatoms. The quantitative estimate of drug-likeness (QED) is 0.803. The van der Waals surface area contributed by atoms with Gasteiger partial charge in [0.25, 0.3) is 0 Å². The molecule has 1 fully saturated rings. The molecular weight excluding hydrogens is 353 g/mol. The number of likely N-dealkylation sites (N-methyl/N-ethyl adjacent to an activating group) is 1. The van der Waals surface area contributed by atoms with Crippen molar-refractivity contribution < 1.29 is 14.4 Å². The second-order valence-electron chi connectivity index (χ2n) is 5.57. The van der Waals surface area contributed by atoms with Gasteiger partial charge in [0, 0.05) is 29.7 Å². The summed E-state index contributed by atoms with van der Waals surface area (Å²) in [5.41, 5.74) is 0.729. The molecule has 0 aliphatic carbocycles. The minimum absolute atomic E-state index is 0.155. The Balaban J connectivity index is 1.95. The van der Waals surface area contributed by atoms with Gasteiger partial charge in [-0.05, 0) is 31.5 Å². The van der Waals surface area contributed by atoms with E-state index in [-0.39, 0.29) is 18.5 Å². The predicted molar refractivity (Wildman–Crippen MR) is 91.9 cm³/mol. The Kier molecular flexibility index (Phi) is 6.07. The third kappa shape index (κ3) is 4.19. The van der Waals surface area contributed by atoms with Crippen molar-refractivity contribution in [2.75, 3.05) is 26.2 Å². The number of carbonyl (C=O) groups excluding carboxylic acids is 3. The molecule has 2 rings (SSSR count). The van der Waals surface area contributed by atoms with Crippen LogP contribution in [-0.2, 0) is 14.4 Å². The predicted octanol–water partition coefficient (Wildman–Crippen LogP) is 1.86. The summed E-state index contributed by atoms with van der Waals surface area (Å²) in [6.45, 7) is 4.71. The van der Waals surface area contributed by atoms with E-state index in [4.69, 9.17) is 23.2 Å². The van der Waals surface area contributed by atoms with Crippen molar-refractivity contribution in [3.8, 4) is 0 Å². The Morgan fingerprint density at radius 1 is 1.21 bits per heavy atom. The molecule has 0 spiro atoms. The topological polar surface area (TPSA) is 69.7 Å². The fourth-order valence-corrected chi connectivity index (χ4v) is 3.13. The third-order valence-corrected chi connectivity index (χ3v) is 4.48. The first-order valence-corrected chi connectivity index (χ1v) is 8.41. The van der Waals surface area contributed by atoms with E-state index in [1.165, 1.54) is 9.80 Å². The molecule has 1 aliphatic rings. The highest BCUT2D eigenvalue weighted by molar-refractivity contribution is 6.36. The van der Waals surface area contributed by atoms with E-state index in [1.54, 1.807) is 25.1 Å². The molecule has 6 nitrogen and oxygen atoms in total. The second kappa shape index (κ2) is 7.85. The van der Waals surface area contributed by atoms with E-state index in [0.717, 1.165) is 5.56 Å². The molecular formula is C16H19Cl2N3O3. The van der Waals surface area contributed by atoms with E-state index in [1.807, 2.05) is 6.92 Å². The van der Waals surface area contributed by atoms with Crippen molar-refractivity contribution in [3.63, 3.8) is 0 Å². The zero-order chi connectivity index (χ0) is 17.9. The number of nitrogens with zero attached hydrogens (tertiary/aromatic N) is 2. The lowest BCUT2D eigenvalue weighted by atomic mass is 10.1. The Bertz CT molecular complexity index is 666. The monoisotopic (exact) mass is 371 g/mol. The normalized spacial score (nSPS) is 16.3. The molecule has 0 radical (unpaired) electrons. The number of hydrogen-bond acceptors (Lipinski definition) is 3. The molecule has 1 unspecified atom stereocenters. The first kappa shape index (κ1) is 18.5. The van der Waals surface area contributed by atoms with Crippen LogP contribution in [0.3, 0.4) is 0 Å². The standard InChI is InChI=1S/C16H19Cl2N3O3/c1-3-20-6-7-21(16(24)15(20)23)9-14(22)19-10(2)12-5-4-11(17)8-13(12)18/h4-5,8,10H,3,6-7,9H2,1-2H3,(H,19,22). The average Bonchev–Trinajstić information content (AvgIpc) is 2.52. The number of benzene rings is 1. The summed E-state index contributed by atoms with van der Waals surface area (Å²) in [5.74, 6) is -1.56. The number of nitrogens with one attached hydrogen (secondary N) is 1. The fraction of sp³-hybridized carbons (Fsp3) is 0.438. The molecule has 1 N–H and O–H groups in total. The Morgan fingerprint density at radius 2 is 1.83 bits per heavy atom. The molecule has 0 saturated carbocycles. The van der Waals surface area contributed by atoms with E-state index in [0.29, 0.717) is 29.7 Å². The molecule has 1 aromatic rings. The van der Waals surface area contributed by atoms with E-state index in [2.05, 4.69) is 5.32 Å². The summed E-state index contributed by atoms with van der Waals surface area (Å²) in [5, 5.41) is 3.75. The van der Waals surface area contributed by atoms with Gasteiger partial charge in [0.05, 0.1) is 6.04 Å². The van der Waals surface area contributed by atoms with Crippen LogP contribution in [0.2, 0.25) is 10.0 Å². The van der Waals surface area contributed by atoms with Crippen LogP contribution in [0.5, 0.6) is 0 Å². The van der Waals surface area contributed by atoms with Crippen molar-refractivity contribution in [2.24, 2.45) is 0 Å². The van der Waals surface area contributed by atoms with Crippen molar-refractivity contribution in [3.05, 3.63) is 33.8 Å². The van der Waals surface area contributed by atoms with Gasteiger partial charge in [-0.15, -0.1) is 0 Å². The number of amides is 3.